The lowest BCUT2D eigenvalue weighted by molar-refractivity contribution is 0.00199. The maximum atomic E-state index is 14.4. The summed E-state index contributed by atoms with van der Waals surface area (Å²) in [5.41, 5.74) is -1.43. The molecular weight excluding hydrogens is 351 g/mol. The standard InChI is InChI=1S/C16H23FN2O7/c1-4-25-16(24)26-9(3)19-14(22)8(2)6-18(15(19)23)11-5-10(7-20)13(21)12(11)17/h6,9-13,20-21H,4-5,7H2,1-3H3. The van der Waals surface area contributed by atoms with Crippen molar-refractivity contribution in [2.75, 3.05) is 13.2 Å². The molecule has 0 radical (unpaired) electrons. The number of carbonyl (C=O) groups excluding carboxylic acids is 1. The van der Waals surface area contributed by atoms with Crippen LogP contribution in [0.15, 0.2) is 15.8 Å². The van der Waals surface area contributed by atoms with Crippen molar-refractivity contribution >= 4 is 6.16 Å². The van der Waals surface area contributed by atoms with E-state index in [1.165, 1.54) is 20.0 Å². The second kappa shape index (κ2) is 8.00. The summed E-state index contributed by atoms with van der Waals surface area (Å²) in [5, 5.41) is 19.1. The third kappa shape index (κ3) is 3.65. The van der Waals surface area contributed by atoms with Gasteiger partial charge >= 0.3 is 11.8 Å². The molecule has 2 N–H and O–H groups in total. The lowest BCUT2D eigenvalue weighted by Gasteiger charge is -2.21. The van der Waals surface area contributed by atoms with Gasteiger partial charge in [0.15, 0.2) is 6.23 Å². The summed E-state index contributed by atoms with van der Waals surface area (Å²) in [7, 11) is 0. The molecular formula is C16H23FN2O7. The summed E-state index contributed by atoms with van der Waals surface area (Å²) >= 11 is 0. The van der Waals surface area contributed by atoms with Crippen LogP contribution in [0.1, 0.15) is 38.1 Å². The Bertz CT molecular complexity index is 775. The third-order valence-corrected chi connectivity index (χ3v) is 4.52. The largest absolute Gasteiger partial charge is 0.510 e. The van der Waals surface area contributed by atoms with Crippen LogP contribution in [-0.4, -0.2) is 51.0 Å². The molecule has 5 atom stereocenters. The number of aliphatic hydroxyl groups is 2. The SMILES string of the molecule is CCOC(=O)OC(C)n1c(=O)c(C)cn(C2CC(CO)C(O)C2F)c1=O. The predicted octanol–water partition coefficient (Wildman–Crippen LogP) is 0.262. The molecule has 0 spiro atoms. The number of hydrogen-bond acceptors (Lipinski definition) is 7. The fraction of sp³-hybridized carbons (Fsp3) is 0.688. The summed E-state index contributed by atoms with van der Waals surface area (Å²) in [6.45, 7) is 3.96. The molecule has 10 heteroatoms. The normalized spacial score (nSPS) is 26.5. The van der Waals surface area contributed by atoms with E-state index < -0.39 is 54.5 Å². The summed E-state index contributed by atoms with van der Waals surface area (Å²) in [4.78, 5) is 36.5. The second-order valence-corrected chi connectivity index (χ2v) is 6.26. The monoisotopic (exact) mass is 374 g/mol. The number of nitrogens with zero attached hydrogens (tertiary/aromatic N) is 2. The van der Waals surface area contributed by atoms with Crippen molar-refractivity contribution in [3.63, 3.8) is 0 Å². The number of halogens is 1. The number of ether oxygens (including phenoxy) is 2. The van der Waals surface area contributed by atoms with Gasteiger partial charge in [-0.3, -0.25) is 9.36 Å². The van der Waals surface area contributed by atoms with Crippen molar-refractivity contribution in [2.45, 2.75) is 51.7 Å². The van der Waals surface area contributed by atoms with Crippen molar-refractivity contribution in [2.24, 2.45) is 5.92 Å². The number of hydrogen-bond donors (Lipinski definition) is 2. The van der Waals surface area contributed by atoms with Crippen LogP contribution in [0.4, 0.5) is 9.18 Å². The number of aromatic nitrogens is 2. The number of rotatable bonds is 5. The Balaban J connectivity index is 2.45. The molecule has 5 unspecified atom stereocenters. The fourth-order valence-electron chi connectivity index (χ4n) is 3.14. The maximum absolute atomic E-state index is 14.4. The highest BCUT2D eigenvalue weighted by Crippen LogP contribution is 2.36. The molecule has 26 heavy (non-hydrogen) atoms. The molecule has 1 heterocycles. The van der Waals surface area contributed by atoms with Gasteiger partial charge < -0.3 is 19.7 Å². The van der Waals surface area contributed by atoms with E-state index in [1.54, 1.807) is 6.92 Å². The molecule has 1 aliphatic carbocycles. The first kappa shape index (κ1) is 20.1. The summed E-state index contributed by atoms with van der Waals surface area (Å²) in [5.74, 6) is -0.712. The van der Waals surface area contributed by atoms with E-state index in [2.05, 4.69) is 4.74 Å². The Morgan fingerprint density at radius 2 is 2.12 bits per heavy atom. The van der Waals surface area contributed by atoms with Crippen LogP contribution in [-0.2, 0) is 9.47 Å². The first-order valence-corrected chi connectivity index (χ1v) is 8.33. The smallest absolute Gasteiger partial charge is 0.435 e. The third-order valence-electron chi connectivity index (χ3n) is 4.52. The lowest BCUT2D eigenvalue weighted by Crippen LogP contribution is -2.45. The molecule has 9 nitrogen and oxygen atoms in total. The van der Waals surface area contributed by atoms with Gasteiger partial charge in [-0.05, 0) is 27.2 Å². The van der Waals surface area contributed by atoms with E-state index in [1.807, 2.05) is 0 Å². The lowest BCUT2D eigenvalue weighted by atomic mass is 10.1. The minimum atomic E-state index is -1.78. The second-order valence-electron chi connectivity index (χ2n) is 6.26. The average molecular weight is 374 g/mol. The van der Waals surface area contributed by atoms with Gasteiger partial charge in [0.2, 0.25) is 0 Å². The molecule has 0 saturated heterocycles. The van der Waals surface area contributed by atoms with Gasteiger partial charge in [-0.15, -0.1) is 0 Å². The van der Waals surface area contributed by atoms with E-state index in [4.69, 9.17) is 4.74 Å². The Morgan fingerprint density at radius 3 is 2.65 bits per heavy atom. The maximum Gasteiger partial charge on any atom is 0.510 e. The summed E-state index contributed by atoms with van der Waals surface area (Å²) < 4.78 is 25.7. The van der Waals surface area contributed by atoms with E-state index in [9.17, 15) is 29.0 Å². The van der Waals surface area contributed by atoms with E-state index in [0.29, 0.717) is 4.57 Å². The Hall–Kier alpha value is -2.20. The zero-order chi connectivity index (χ0) is 19.6. The first-order chi connectivity index (χ1) is 12.2. The number of aliphatic hydroxyl groups excluding tert-OH is 2. The predicted molar refractivity (Wildman–Crippen MR) is 87.6 cm³/mol. The highest BCUT2D eigenvalue weighted by atomic mass is 19.1. The fourth-order valence-corrected chi connectivity index (χ4v) is 3.14. The quantitative estimate of drug-likeness (QED) is 0.710. The van der Waals surface area contributed by atoms with Crippen molar-refractivity contribution < 1.29 is 28.9 Å². The minimum absolute atomic E-state index is 0.0312. The first-order valence-electron chi connectivity index (χ1n) is 8.33. The van der Waals surface area contributed by atoms with Crippen LogP contribution in [0.25, 0.3) is 0 Å². The van der Waals surface area contributed by atoms with Crippen LogP contribution < -0.4 is 11.2 Å². The zero-order valence-corrected chi connectivity index (χ0v) is 14.8. The summed E-state index contributed by atoms with van der Waals surface area (Å²) in [6, 6.07) is -1.05. The van der Waals surface area contributed by atoms with E-state index in [-0.39, 0.29) is 18.6 Å². The molecule has 1 fully saturated rings. The van der Waals surface area contributed by atoms with Gasteiger partial charge in [0.25, 0.3) is 5.56 Å². The van der Waals surface area contributed by atoms with Gasteiger partial charge in [0, 0.05) is 24.3 Å². The molecule has 1 aromatic rings. The Labute approximate surface area is 148 Å². The number of carbonyl (C=O) groups is 1. The molecule has 1 aliphatic rings. The zero-order valence-electron chi connectivity index (χ0n) is 14.8. The van der Waals surface area contributed by atoms with Crippen molar-refractivity contribution in [3.05, 3.63) is 32.6 Å². The molecule has 0 aromatic carbocycles. The van der Waals surface area contributed by atoms with Gasteiger partial charge in [0.05, 0.1) is 18.8 Å². The van der Waals surface area contributed by atoms with Crippen molar-refractivity contribution in [1.82, 2.24) is 9.13 Å². The van der Waals surface area contributed by atoms with Gasteiger partial charge in [-0.2, -0.15) is 0 Å². The van der Waals surface area contributed by atoms with Crippen molar-refractivity contribution in [3.8, 4) is 0 Å². The van der Waals surface area contributed by atoms with E-state index in [0.717, 1.165) is 4.57 Å². The Morgan fingerprint density at radius 1 is 1.46 bits per heavy atom. The van der Waals surface area contributed by atoms with Crippen LogP contribution in [0.2, 0.25) is 0 Å². The van der Waals surface area contributed by atoms with Crippen LogP contribution in [0, 0.1) is 12.8 Å². The molecule has 0 aliphatic heterocycles. The number of aryl methyl sites for hydroxylation is 1. The number of alkyl halides is 1. The van der Waals surface area contributed by atoms with Gasteiger partial charge in [-0.25, -0.2) is 18.5 Å². The minimum Gasteiger partial charge on any atom is -0.435 e. The highest BCUT2D eigenvalue weighted by Gasteiger charge is 2.44. The van der Waals surface area contributed by atoms with Crippen molar-refractivity contribution in [1.29, 1.82) is 0 Å². The van der Waals surface area contributed by atoms with Gasteiger partial charge in [-0.1, -0.05) is 0 Å². The molecule has 1 saturated carbocycles. The van der Waals surface area contributed by atoms with E-state index >= 15 is 0 Å². The Kier molecular flexibility index (Phi) is 6.19. The molecule has 0 bridgehead atoms. The van der Waals surface area contributed by atoms with Crippen LogP contribution >= 0.6 is 0 Å². The van der Waals surface area contributed by atoms with Crippen LogP contribution in [0.3, 0.4) is 0 Å². The molecule has 2 rings (SSSR count). The van der Waals surface area contributed by atoms with Crippen LogP contribution in [0.5, 0.6) is 0 Å². The molecule has 1 aromatic heterocycles. The molecule has 0 amide bonds. The summed E-state index contributed by atoms with van der Waals surface area (Å²) in [6.07, 6.45) is -4.26. The average Bonchev–Trinajstić information content (AvgIpc) is 2.86. The highest BCUT2D eigenvalue weighted by molar-refractivity contribution is 5.59. The molecule has 146 valence electrons. The van der Waals surface area contributed by atoms with Gasteiger partial charge in [0.1, 0.15) is 6.17 Å². The topological polar surface area (TPSA) is 120 Å².